The van der Waals surface area contributed by atoms with Crippen LogP contribution in [0.4, 0.5) is 9.18 Å². The minimum atomic E-state index is -0.461. The highest BCUT2D eigenvalue weighted by Gasteiger charge is 2.28. The van der Waals surface area contributed by atoms with Gasteiger partial charge < -0.3 is 18.8 Å². The van der Waals surface area contributed by atoms with Crippen LogP contribution in [0.2, 0.25) is 5.02 Å². The lowest BCUT2D eigenvalue weighted by atomic mass is 10.0. The summed E-state index contributed by atoms with van der Waals surface area (Å²) in [5, 5.41) is 5.89. The van der Waals surface area contributed by atoms with Gasteiger partial charge in [0.1, 0.15) is 11.5 Å². The van der Waals surface area contributed by atoms with Gasteiger partial charge in [-0.1, -0.05) is 11.6 Å². The number of aryl methyl sites for hydroxylation is 1. The van der Waals surface area contributed by atoms with Crippen molar-refractivity contribution in [2.45, 2.75) is 24.3 Å². The molecular weight excluding hydrogens is 443 g/mol. The van der Waals surface area contributed by atoms with Gasteiger partial charge in [-0.15, -0.1) is 0 Å². The number of carbonyl (C=O) groups excluding carboxylic acids is 1. The average Bonchev–Trinajstić information content (AvgIpc) is 3.11. The summed E-state index contributed by atoms with van der Waals surface area (Å²) >= 11 is 7.29. The van der Waals surface area contributed by atoms with Crippen molar-refractivity contribution in [1.82, 2.24) is 14.3 Å². The van der Waals surface area contributed by atoms with Crippen LogP contribution in [0.1, 0.15) is 11.3 Å². The molecule has 0 radical (unpaired) electrons. The van der Waals surface area contributed by atoms with E-state index in [0.29, 0.717) is 42.4 Å². The predicted octanol–water partition coefficient (Wildman–Crippen LogP) is 4.08. The lowest BCUT2D eigenvalue weighted by molar-refractivity contribution is -0.0241. The molecule has 0 aliphatic carbocycles. The summed E-state index contributed by atoms with van der Waals surface area (Å²) in [4.78, 5) is 18.6. The summed E-state index contributed by atoms with van der Waals surface area (Å²) in [5.41, 5.74) is 3.64. The fraction of sp³-hybridized carbons (Fsp3) is 0.333. The molecule has 1 fully saturated rings. The van der Waals surface area contributed by atoms with E-state index in [2.05, 4.69) is 0 Å². The molecule has 1 aromatic carbocycles. The highest BCUT2D eigenvalue weighted by molar-refractivity contribution is 7.97. The van der Waals surface area contributed by atoms with Gasteiger partial charge in [0.25, 0.3) is 0 Å². The van der Waals surface area contributed by atoms with Gasteiger partial charge in [0.15, 0.2) is 0 Å². The number of hydrogen-bond donors (Lipinski definition) is 1. The number of imidazole rings is 1. The molecule has 10 heteroatoms. The molecule has 0 bridgehead atoms. The number of pyridine rings is 1. The van der Waals surface area contributed by atoms with Crippen molar-refractivity contribution in [2.24, 2.45) is 5.14 Å². The Bertz CT molecular complexity index is 1140. The zero-order valence-electron chi connectivity index (χ0n) is 17.1. The van der Waals surface area contributed by atoms with Crippen LogP contribution >= 0.6 is 23.5 Å². The van der Waals surface area contributed by atoms with E-state index >= 15 is 0 Å². The maximum absolute atomic E-state index is 14.5. The number of nitrogens with two attached hydrogens (primary N) is 1. The van der Waals surface area contributed by atoms with E-state index in [1.165, 1.54) is 19.2 Å². The van der Waals surface area contributed by atoms with Crippen LogP contribution in [0, 0.1) is 12.7 Å². The van der Waals surface area contributed by atoms with Crippen molar-refractivity contribution >= 4 is 35.3 Å². The van der Waals surface area contributed by atoms with Gasteiger partial charge in [0.2, 0.25) is 0 Å². The first kappa shape index (κ1) is 21.9. The number of fused-ring (bicyclic) bond motifs is 1. The first-order chi connectivity index (χ1) is 14.9. The molecule has 1 unspecified atom stereocenters. The highest BCUT2D eigenvalue weighted by Crippen LogP contribution is 2.35. The Balaban J connectivity index is 1.78. The van der Waals surface area contributed by atoms with Crippen molar-refractivity contribution in [1.29, 1.82) is 0 Å². The molecule has 1 aliphatic rings. The van der Waals surface area contributed by atoms with Crippen LogP contribution in [0.25, 0.3) is 16.9 Å². The molecule has 164 valence electrons. The summed E-state index contributed by atoms with van der Waals surface area (Å²) in [5.74, 6) is -0.461. The van der Waals surface area contributed by atoms with Crippen molar-refractivity contribution in [3.8, 4) is 11.3 Å². The van der Waals surface area contributed by atoms with E-state index in [4.69, 9.17) is 31.2 Å². The molecule has 0 spiro atoms. The summed E-state index contributed by atoms with van der Waals surface area (Å²) in [6, 6.07) is 6.79. The van der Waals surface area contributed by atoms with Crippen LogP contribution in [0.3, 0.4) is 0 Å². The number of benzene rings is 1. The second-order valence-electron chi connectivity index (χ2n) is 7.33. The van der Waals surface area contributed by atoms with Crippen molar-refractivity contribution in [3.63, 3.8) is 0 Å². The molecule has 1 atom stereocenters. The van der Waals surface area contributed by atoms with E-state index in [1.807, 2.05) is 29.7 Å². The van der Waals surface area contributed by atoms with E-state index in [1.54, 1.807) is 4.90 Å². The number of carbonyl (C=O) groups is 1. The summed E-state index contributed by atoms with van der Waals surface area (Å²) < 4.78 is 27.2. The van der Waals surface area contributed by atoms with Crippen LogP contribution in [0.5, 0.6) is 0 Å². The van der Waals surface area contributed by atoms with E-state index in [-0.39, 0.29) is 17.1 Å². The van der Waals surface area contributed by atoms with E-state index in [9.17, 15) is 9.18 Å². The number of ether oxygens (including phenoxy) is 2. The number of morpholine rings is 1. The molecular formula is C21H22ClFN4O3S. The molecule has 2 aromatic heterocycles. The van der Waals surface area contributed by atoms with Crippen molar-refractivity contribution in [3.05, 3.63) is 52.6 Å². The fourth-order valence-electron chi connectivity index (χ4n) is 3.76. The smallest absolute Gasteiger partial charge is 0.409 e. The van der Waals surface area contributed by atoms with E-state index in [0.717, 1.165) is 28.9 Å². The number of amides is 1. The Morgan fingerprint density at radius 1 is 1.45 bits per heavy atom. The third-order valence-electron chi connectivity index (χ3n) is 5.28. The monoisotopic (exact) mass is 464 g/mol. The molecule has 7 nitrogen and oxygen atoms in total. The Morgan fingerprint density at radius 2 is 2.26 bits per heavy atom. The number of rotatable bonds is 4. The number of methoxy groups -OCH3 is 1. The molecule has 31 heavy (non-hydrogen) atoms. The molecule has 1 saturated heterocycles. The first-order valence-corrected chi connectivity index (χ1v) is 10.9. The molecule has 1 amide bonds. The highest BCUT2D eigenvalue weighted by atomic mass is 35.5. The van der Waals surface area contributed by atoms with Gasteiger partial charge in [-0.05, 0) is 48.7 Å². The molecule has 3 aromatic rings. The zero-order valence-corrected chi connectivity index (χ0v) is 18.7. The van der Waals surface area contributed by atoms with Crippen LogP contribution in [-0.2, 0) is 15.9 Å². The first-order valence-electron chi connectivity index (χ1n) is 9.69. The van der Waals surface area contributed by atoms with E-state index < -0.39 is 5.82 Å². The number of nitrogens with zero attached hydrogens (tertiary/aromatic N) is 3. The average molecular weight is 465 g/mol. The molecule has 0 saturated carbocycles. The van der Waals surface area contributed by atoms with Gasteiger partial charge in [0.05, 0.1) is 47.7 Å². The number of hydrogen-bond acceptors (Lipinski definition) is 6. The summed E-state index contributed by atoms with van der Waals surface area (Å²) in [6.45, 7) is 3.24. The van der Waals surface area contributed by atoms with Crippen LogP contribution in [0.15, 0.2) is 35.4 Å². The maximum Gasteiger partial charge on any atom is 0.409 e. The normalized spacial score (nSPS) is 16.7. The third-order valence-corrected chi connectivity index (χ3v) is 6.16. The van der Waals surface area contributed by atoms with Gasteiger partial charge in [-0.2, -0.15) is 0 Å². The minimum Gasteiger partial charge on any atom is -0.453 e. The lowest BCUT2D eigenvalue weighted by Gasteiger charge is -2.32. The number of aromatic nitrogens is 2. The molecule has 3 heterocycles. The largest absolute Gasteiger partial charge is 0.453 e. The minimum absolute atomic E-state index is 0.263. The predicted molar refractivity (Wildman–Crippen MR) is 118 cm³/mol. The van der Waals surface area contributed by atoms with Gasteiger partial charge in [-0.25, -0.2) is 14.2 Å². The standard InChI is InChI=1S/C21H22ClFN4O3S/c1-12-3-4-27-17(8-13-11-26(5-6-30-13)21(28)29-2)20(25-19(27)7-12)14-9-16(23)18(31-24)10-15(14)22/h3-4,7,9-10,13H,5-6,8,11,24H2,1-2H3. The quantitative estimate of drug-likeness (QED) is 0.586. The fourth-order valence-corrected chi connectivity index (χ4v) is 4.44. The second kappa shape index (κ2) is 9.04. The summed E-state index contributed by atoms with van der Waals surface area (Å²) in [7, 11) is 1.36. The van der Waals surface area contributed by atoms with Crippen LogP contribution < -0.4 is 5.14 Å². The van der Waals surface area contributed by atoms with Gasteiger partial charge in [-0.3, -0.25) is 5.14 Å². The van der Waals surface area contributed by atoms with Crippen molar-refractivity contribution < 1.29 is 18.7 Å². The topological polar surface area (TPSA) is 82.1 Å². The Morgan fingerprint density at radius 3 is 3.00 bits per heavy atom. The Labute approximate surface area is 188 Å². The Hall–Kier alpha value is -2.33. The van der Waals surface area contributed by atoms with Gasteiger partial charge in [0, 0.05) is 24.7 Å². The SMILES string of the molecule is COC(=O)N1CCOC(Cc2c(-c3cc(F)c(SN)cc3Cl)nc3cc(C)ccn23)C1. The third kappa shape index (κ3) is 4.36. The van der Waals surface area contributed by atoms with Crippen LogP contribution in [-0.4, -0.2) is 53.3 Å². The maximum atomic E-state index is 14.5. The van der Waals surface area contributed by atoms with Gasteiger partial charge >= 0.3 is 6.09 Å². The molecule has 1 aliphatic heterocycles. The second-order valence-corrected chi connectivity index (χ2v) is 8.42. The van der Waals surface area contributed by atoms with Crippen molar-refractivity contribution in [2.75, 3.05) is 26.8 Å². The Kier molecular flexibility index (Phi) is 6.38. The molecule has 2 N–H and O–H groups in total. The number of halogens is 2. The zero-order chi connectivity index (χ0) is 22.1. The summed E-state index contributed by atoms with van der Waals surface area (Å²) in [6.07, 6.45) is 1.72. The molecule has 4 rings (SSSR count). The lowest BCUT2D eigenvalue weighted by Crippen LogP contribution is -2.46.